The zero-order valence-corrected chi connectivity index (χ0v) is 20.9. The van der Waals surface area contributed by atoms with Gasteiger partial charge in [0.25, 0.3) is 11.9 Å². The van der Waals surface area contributed by atoms with Crippen LogP contribution in [-0.2, 0) is 0 Å². The van der Waals surface area contributed by atoms with Gasteiger partial charge in [0, 0.05) is 43.8 Å². The molecule has 2 unspecified atom stereocenters. The van der Waals surface area contributed by atoms with Crippen molar-refractivity contribution >= 4 is 35.4 Å². The number of oxazole rings is 1. The summed E-state index contributed by atoms with van der Waals surface area (Å²) in [5, 5.41) is 0. The molecule has 0 aliphatic carbocycles. The molecule has 0 saturated carbocycles. The number of nitrogens with two attached hydrogens (primary N) is 1. The molecule has 182 valence electrons. The standard InChI is InChI=1S/C25H37N5O2.ClH/c1-16(2)12-20-15-29(25-27-23-21(24(26)31)8-5-9-22(23)32-25)10-11-30(20)19-13-17-6-4-7-18(14-19)28(17)3;/h5,8-9,16-20H,4,6-7,10-15H2,1-3H3,(H2,26,31);1H/t17?,18?,19?,20-;/m0./s1. The molecule has 3 saturated heterocycles. The molecule has 2 N–H and O–H groups in total. The van der Waals surface area contributed by atoms with Crippen molar-refractivity contribution in [2.75, 3.05) is 31.6 Å². The molecule has 1 aromatic heterocycles. The molecule has 3 aliphatic heterocycles. The second-order valence-electron chi connectivity index (χ2n) is 10.5. The summed E-state index contributed by atoms with van der Waals surface area (Å²) in [6, 6.07) is 8.64. The van der Waals surface area contributed by atoms with Gasteiger partial charge in [-0.25, -0.2) is 0 Å². The van der Waals surface area contributed by atoms with Crippen LogP contribution >= 0.6 is 12.4 Å². The second kappa shape index (κ2) is 9.80. The Morgan fingerprint density at radius 2 is 1.91 bits per heavy atom. The SMILES string of the molecule is CC(C)C[C@H]1CN(c2nc3c(C(N)=O)cccc3o2)CCN1C1CC2CCCC(C1)N2C.Cl. The van der Waals surface area contributed by atoms with E-state index in [1.165, 1.54) is 38.5 Å². The van der Waals surface area contributed by atoms with Crippen LogP contribution in [-0.4, -0.2) is 71.5 Å². The van der Waals surface area contributed by atoms with E-state index in [9.17, 15) is 4.79 Å². The summed E-state index contributed by atoms with van der Waals surface area (Å²) in [6.45, 7) is 7.48. The molecule has 3 atom stereocenters. The molecule has 4 heterocycles. The topological polar surface area (TPSA) is 78.8 Å². The number of anilines is 1. The maximum atomic E-state index is 11.8. The number of para-hydroxylation sites is 1. The second-order valence-corrected chi connectivity index (χ2v) is 10.5. The number of carbonyl (C=O) groups excluding carboxylic acids is 1. The highest BCUT2D eigenvalue weighted by Gasteiger charge is 2.41. The molecule has 3 fully saturated rings. The first-order valence-electron chi connectivity index (χ1n) is 12.3. The lowest BCUT2D eigenvalue weighted by Crippen LogP contribution is -2.62. The van der Waals surface area contributed by atoms with Crippen molar-refractivity contribution in [3.05, 3.63) is 23.8 Å². The first-order valence-corrected chi connectivity index (χ1v) is 12.3. The van der Waals surface area contributed by atoms with E-state index in [0.29, 0.717) is 40.7 Å². The van der Waals surface area contributed by atoms with Crippen molar-refractivity contribution in [1.29, 1.82) is 0 Å². The van der Waals surface area contributed by atoms with E-state index < -0.39 is 5.91 Å². The van der Waals surface area contributed by atoms with Crippen molar-refractivity contribution in [2.45, 2.75) is 76.5 Å². The van der Waals surface area contributed by atoms with Gasteiger partial charge in [0.05, 0.1) is 5.56 Å². The summed E-state index contributed by atoms with van der Waals surface area (Å²) in [5.74, 6) is 0.170. The van der Waals surface area contributed by atoms with Gasteiger partial charge < -0.3 is 20.0 Å². The van der Waals surface area contributed by atoms with E-state index in [4.69, 9.17) is 15.1 Å². The van der Waals surface area contributed by atoms with Crippen LogP contribution in [0.25, 0.3) is 11.1 Å². The fourth-order valence-electron chi connectivity index (χ4n) is 6.41. The first-order chi connectivity index (χ1) is 15.4. The van der Waals surface area contributed by atoms with Gasteiger partial charge in [0.15, 0.2) is 5.58 Å². The number of piperidine rings is 2. The van der Waals surface area contributed by atoms with E-state index in [1.54, 1.807) is 12.1 Å². The Kier molecular flexibility index (Phi) is 7.22. The summed E-state index contributed by atoms with van der Waals surface area (Å²) in [5.41, 5.74) is 7.17. The minimum Gasteiger partial charge on any atom is -0.423 e. The molecule has 2 aromatic rings. The van der Waals surface area contributed by atoms with Crippen molar-refractivity contribution in [2.24, 2.45) is 11.7 Å². The predicted molar refractivity (Wildman–Crippen MR) is 134 cm³/mol. The molecule has 3 aliphatic rings. The number of fused-ring (bicyclic) bond motifs is 3. The fourth-order valence-corrected chi connectivity index (χ4v) is 6.41. The molecule has 5 rings (SSSR count). The Bertz CT molecular complexity index is 965. The Hall–Kier alpha value is -1.83. The lowest BCUT2D eigenvalue weighted by Gasteiger charge is -2.53. The van der Waals surface area contributed by atoms with Gasteiger partial charge in [-0.3, -0.25) is 9.69 Å². The molecular formula is C25H38ClN5O2. The maximum absolute atomic E-state index is 11.8. The Labute approximate surface area is 203 Å². The monoisotopic (exact) mass is 475 g/mol. The van der Waals surface area contributed by atoms with E-state index in [1.807, 2.05) is 6.07 Å². The van der Waals surface area contributed by atoms with Gasteiger partial charge in [0.2, 0.25) is 0 Å². The molecule has 0 radical (unpaired) electrons. The van der Waals surface area contributed by atoms with Crippen molar-refractivity contribution < 1.29 is 9.21 Å². The highest BCUT2D eigenvalue weighted by molar-refractivity contribution is 6.03. The van der Waals surface area contributed by atoms with Crippen molar-refractivity contribution in [1.82, 2.24) is 14.8 Å². The molecule has 8 heteroatoms. The number of aromatic nitrogens is 1. The number of carbonyl (C=O) groups is 1. The number of piperazine rings is 1. The lowest BCUT2D eigenvalue weighted by atomic mass is 9.80. The maximum Gasteiger partial charge on any atom is 0.298 e. The summed E-state index contributed by atoms with van der Waals surface area (Å²) in [4.78, 5) is 24.2. The lowest BCUT2D eigenvalue weighted by molar-refractivity contribution is -0.0123. The Morgan fingerprint density at radius 1 is 1.18 bits per heavy atom. The van der Waals surface area contributed by atoms with Gasteiger partial charge in [-0.2, -0.15) is 4.98 Å². The predicted octanol–water partition coefficient (Wildman–Crippen LogP) is 3.90. The highest BCUT2D eigenvalue weighted by Crippen LogP contribution is 2.37. The third-order valence-electron chi connectivity index (χ3n) is 8.00. The number of primary amides is 1. The number of nitrogens with zero attached hydrogens (tertiary/aromatic N) is 4. The van der Waals surface area contributed by atoms with Crippen LogP contribution in [0.3, 0.4) is 0 Å². The zero-order valence-electron chi connectivity index (χ0n) is 20.1. The average Bonchev–Trinajstić information content (AvgIpc) is 3.17. The fraction of sp³-hybridized carbons (Fsp3) is 0.680. The van der Waals surface area contributed by atoms with Gasteiger partial charge in [0.1, 0.15) is 5.52 Å². The number of hydrogen-bond donors (Lipinski definition) is 1. The Morgan fingerprint density at radius 3 is 2.58 bits per heavy atom. The number of rotatable bonds is 5. The zero-order chi connectivity index (χ0) is 22.4. The largest absolute Gasteiger partial charge is 0.423 e. The molecule has 2 bridgehead atoms. The molecule has 1 aromatic carbocycles. The quantitative estimate of drug-likeness (QED) is 0.706. The van der Waals surface area contributed by atoms with E-state index in [0.717, 1.165) is 31.7 Å². The number of hydrogen-bond acceptors (Lipinski definition) is 6. The van der Waals surface area contributed by atoms with Gasteiger partial charge in [-0.05, 0) is 57.2 Å². The van der Waals surface area contributed by atoms with Crippen LogP contribution in [0.5, 0.6) is 0 Å². The highest BCUT2D eigenvalue weighted by atomic mass is 35.5. The van der Waals surface area contributed by atoms with E-state index >= 15 is 0 Å². The van der Waals surface area contributed by atoms with Crippen molar-refractivity contribution in [3.63, 3.8) is 0 Å². The third kappa shape index (κ3) is 4.73. The normalized spacial score (nSPS) is 28.8. The minimum atomic E-state index is -0.467. The third-order valence-corrected chi connectivity index (χ3v) is 8.00. The van der Waals surface area contributed by atoms with E-state index in [-0.39, 0.29) is 12.4 Å². The molecule has 0 spiro atoms. The van der Waals surface area contributed by atoms with Gasteiger partial charge >= 0.3 is 0 Å². The van der Waals surface area contributed by atoms with Crippen LogP contribution in [0, 0.1) is 5.92 Å². The minimum absolute atomic E-state index is 0. The van der Waals surface area contributed by atoms with Gasteiger partial charge in [-0.1, -0.05) is 26.3 Å². The van der Waals surface area contributed by atoms with Crippen LogP contribution in [0.4, 0.5) is 6.01 Å². The van der Waals surface area contributed by atoms with Crippen LogP contribution in [0.2, 0.25) is 0 Å². The molecular weight excluding hydrogens is 438 g/mol. The molecule has 7 nitrogen and oxygen atoms in total. The van der Waals surface area contributed by atoms with Crippen LogP contribution in [0.1, 0.15) is 62.7 Å². The summed E-state index contributed by atoms with van der Waals surface area (Å²) in [6.07, 6.45) is 7.86. The smallest absolute Gasteiger partial charge is 0.298 e. The van der Waals surface area contributed by atoms with Crippen molar-refractivity contribution in [3.8, 4) is 0 Å². The number of amides is 1. The number of benzene rings is 1. The molecule has 33 heavy (non-hydrogen) atoms. The van der Waals surface area contributed by atoms with Gasteiger partial charge in [-0.15, -0.1) is 12.4 Å². The summed E-state index contributed by atoms with van der Waals surface area (Å²) < 4.78 is 6.09. The Balaban J connectivity index is 0.00000259. The molecule has 1 amide bonds. The average molecular weight is 476 g/mol. The summed E-state index contributed by atoms with van der Waals surface area (Å²) >= 11 is 0. The number of halogens is 1. The summed E-state index contributed by atoms with van der Waals surface area (Å²) in [7, 11) is 2.34. The first kappa shape index (κ1) is 24.3. The van der Waals surface area contributed by atoms with E-state index in [2.05, 4.69) is 35.6 Å². The van der Waals surface area contributed by atoms with Crippen LogP contribution < -0.4 is 10.6 Å². The van der Waals surface area contributed by atoms with Crippen LogP contribution in [0.15, 0.2) is 22.6 Å².